The Bertz CT molecular complexity index is 1140. The number of fused-ring (bicyclic) bond motifs is 1. The highest BCUT2D eigenvalue weighted by molar-refractivity contribution is 7.88. The second-order valence-corrected chi connectivity index (χ2v) is 8.18. The molecule has 0 spiro atoms. The van der Waals surface area contributed by atoms with E-state index in [0.29, 0.717) is 17.9 Å². The van der Waals surface area contributed by atoms with Gasteiger partial charge in [0.15, 0.2) is 0 Å². The van der Waals surface area contributed by atoms with Gasteiger partial charge in [-0.3, -0.25) is 9.97 Å². The molecule has 2 heterocycles. The first-order valence-corrected chi connectivity index (χ1v) is 10.2. The van der Waals surface area contributed by atoms with Crippen LogP contribution in [0.4, 0.5) is 0 Å². The number of methoxy groups -OCH3 is 1. The fourth-order valence-electron chi connectivity index (χ4n) is 3.21. The minimum absolute atomic E-state index is 0.424. The number of hydrogen-bond acceptors (Lipinski definition) is 6. The topological polar surface area (TPSA) is 84.8 Å². The maximum atomic E-state index is 12.3. The van der Waals surface area contributed by atoms with Crippen molar-refractivity contribution in [1.82, 2.24) is 14.4 Å². The molecule has 0 amide bonds. The number of nitrogens with zero attached hydrogens (tertiary/aromatic N) is 4. The minimum atomic E-state index is -3.53. The summed E-state index contributed by atoms with van der Waals surface area (Å²) in [5.74, 6) is 0.700. The van der Waals surface area contributed by atoms with Crippen molar-refractivity contribution < 1.29 is 13.2 Å². The molecule has 0 fully saturated rings. The molecule has 0 radical (unpaired) electrons. The number of hydrazone groups is 1. The molecule has 1 aliphatic heterocycles. The smallest absolute Gasteiger partial charge is 0.247 e. The third-order valence-electron chi connectivity index (χ3n) is 4.49. The second-order valence-electron chi connectivity index (χ2n) is 6.34. The fraction of sp³-hybridized carbons (Fsp3) is 0.211. The summed E-state index contributed by atoms with van der Waals surface area (Å²) in [6.07, 6.45) is 4.88. The van der Waals surface area contributed by atoms with Crippen molar-refractivity contribution in [3.05, 3.63) is 66.0 Å². The van der Waals surface area contributed by atoms with Crippen LogP contribution in [0, 0.1) is 0 Å². The average molecular weight is 382 g/mol. The van der Waals surface area contributed by atoms with Gasteiger partial charge in [0.2, 0.25) is 10.0 Å². The van der Waals surface area contributed by atoms with Crippen LogP contribution in [0.25, 0.3) is 11.0 Å². The molecule has 0 saturated heterocycles. The molecule has 1 atom stereocenters. The van der Waals surface area contributed by atoms with Crippen LogP contribution in [0.2, 0.25) is 0 Å². The van der Waals surface area contributed by atoms with E-state index in [2.05, 4.69) is 15.1 Å². The average Bonchev–Trinajstić information content (AvgIpc) is 3.14. The van der Waals surface area contributed by atoms with Crippen molar-refractivity contribution in [2.24, 2.45) is 5.10 Å². The Morgan fingerprint density at radius 1 is 1.07 bits per heavy atom. The normalized spacial score (nSPS) is 17.2. The SMILES string of the molecule is COc1cccc(C2=NN(S(C)(=O)=O)[C@H](c3ccc4nccnc4c3)C2)c1. The van der Waals surface area contributed by atoms with E-state index in [0.717, 1.165) is 22.2 Å². The van der Waals surface area contributed by atoms with Gasteiger partial charge in [-0.1, -0.05) is 18.2 Å². The lowest BCUT2D eigenvalue weighted by molar-refractivity contribution is 0.375. The van der Waals surface area contributed by atoms with Crippen LogP contribution in [0.15, 0.2) is 60.0 Å². The Morgan fingerprint density at radius 3 is 2.59 bits per heavy atom. The van der Waals surface area contributed by atoms with Gasteiger partial charge < -0.3 is 4.74 Å². The van der Waals surface area contributed by atoms with Crippen LogP contribution in [-0.4, -0.2) is 41.9 Å². The van der Waals surface area contributed by atoms with E-state index in [4.69, 9.17) is 4.74 Å². The van der Waals surface area contributed by atoms with Crippen molar-refractivity contribution in [3.8, 4) is 5.75 Å². The number of rotatable bonds is 4. The first-order chi connectivity index (χ1) is 13.0. The Morgan fingerprint density at radius 2 is 1.85 bits per heavy atom. The summed E-state index contributed by atoms with van der Waals surface area (Å²) in [5.41, 5.74) is 3.85. The summed E-state index contributed by atoms with van der Waals surface area (Å²) in [7, 11) is -1.94. The van der Waals surface area contributed by atoms with Crippen molar-refractivity contribution in [3.63, 3.8) is 0 Å². The predicted molar refractivity (Wildman–Crippen MR) is 103 cm³/mol. The van der Waals surface area contributed by atoms with Crippen LogP contribution < -0.4 is 4.74 Å². The zero-order valence-corrected chi connectivity index (χ0v) is 15.7. The van der Waals surface area contributed by atoms with Crippen LogP contribution in [0.1, 0.15) is 23.6 Å². The lowest BCUT2D eigenvalue weighted by Gasteiger charge is -2.21. The van der Waals surface area contributed by atoms with E-state index < -0.39 is 16.1 Å². The lowest BCUT2D eigenvalue weighted by atomic mass is 9.98. The third kappa shape index (κ3) is 3.35. The molecule has 0 unspecified atom stereocenters. The Labute approximate surface area is 157 Å². The Kier molecular flexibility index (Phi) is 4.27. The molecule has 0 saturated carbocycles. The van der Waals surface area contributed by atoms with Crippen LogP contribution in [-0.2, 0) is 10.0 Å². The second kappa shape index (κ2) is 6.62. The van der Waals surface area contributed by atoms with Gasteiger partial charge in [-0.25, -0.2) is 8.42 Å². The molecule has 0 N–H and O–H groups in total. The minimum Gasteiger partial charge on any atom is -0.497 e. The molecule has 1 aromatic heterocycles. The van der Waals surface area contributed by atoms with Gasteiger partial charge in [0.05, 0.1) is 36.2 Å². The highest BCUT2D eigenvalue weighted by Gasteiger charge is 2.34. The highest BCUT2D eigenvalue weighted by Crippen LogP contribution is 2.35. The lowest BCUT2D eigenvalue weighted by Crippen LogP contribution is -2.25. The maximum Gasteiger partial charge on any atom is 0.247 e. The number of aromatic nitrogens is 2. The highest BCUT2D eigenvalue weighted by atomic mass is 32.2. The summed E-state index contributed by atoms with van der Waals surface area (Å²) < 4.78 is 31.1. The Balaban J connectivity index is 1.76. The molecular weight excluding hydrogens is 364 g/mol. The summed E-state index contributed by atoms with van der Waals surface area (Å²) in [4.78, 5) is 8.58. The van der Waals surface area contributed by atoms with Gasteiger partial charge in [0, 0.05) is 24.4 Å². The van der Waals surface area contributed by atoms with Gasteiger partial charge in [0.25, 0.3) is 0 Å². The van der Waals surface area contributed by atoms with Gasteiger partial charge >= 0.3 is 0 Å². The first kappa shape index (κ1) is 17.4. The van der Waals surface area contributed by atoms with Crippen molar-refractivity contribution >= 4 is 26.8 Å². The van der Waals surface area contributed by atoms with Crippen LogP contribution in [0.3, 0.4) is 0 Å². The molecule has 7 nitrogen and oxygen atoms in total. The molecule has 8 heteroatoms. The molecule has 0 bridgehead atoms. The molecule has 1 aliphatic rings. The van der Waals surface area contributed by atoms with Crippen molar-refractivity contribution in [2.45, 2.75) is 12.5 Å². The standard InChI is InChI=1S/C19H18N4O3S/c1-26-15-5-3-4-13(10-15)17-12-19(23(22-17)27(2,24)25)14-6-7-16-18(11-14)21-9-8-20-16/h3-11,19H,12H2,1-2H3/t19-/m0/s1. The van der Waals surface area contributed by atoms with Crippen molar-refractivity contribution in [2.75, 3.05) is 13.4 Å². The summed E-state index contributed by atoms with van der Waals surface area (Å²) >= 11 is 0. The largest absolute Gasteiger partial charge is 0.497 e. The van der Waals surface area contributed by atoms with Gasteiger partial charge in [-0.2, -0.15) is 9.52 Å². The van der Waals surface area contributed by atoms with Crippen molar-refractivity contribution in [1.29, 1.82) is 0 Å². The van der Waals surface area contributed by atoms with E-state index in [1.54, 1.807) is 19.5 Å². The first-order valence-electron chi connectivity index (χ1n) is 8.38. The molecule has 138 valence electrons. The van der Waals surface area contributed by atoms with E-state index in [9.17, 15) is 8.42 Å². The summed E-state index contributed by atoms with van der Waals surface area (Å²) in [5, 5.41) is 4.41. The van der Waals surface area contributed by atoms with Gasteiger partial charge in [0.1, 0.15) is 5.75 Å². The molecule has 3 aromatic rings. The summed E-state index contributed by atoms with van der Waals surface area (Å²) in [6, 6.07) is 12.6. The zero-order chi connectivity index (χ0) is 19.0. The Hall–Kier alpha value is -3.00. The molecule has 27 heavy (non-hydrogen) atoms. The number of sulfonamides is 1. The molecule has 0 aliphatic carbocycles. The molecule has 2 aromatic carbocycles. The van der Waals surface area contributed by atoms with E-state index in [-0.39, 0.29) is 0 Å². The van der Waals surface area contributed by atoms with Gasteiger partial charge in [-0.15, -0.1) is 0 Å². The molecule has 4 rings (SSSR count). The van der Waals surface area contributed by atoms with Crippen LogP contribution in [0.5, 0.6) is 5.75 Å². The third-order valence-corrected chi connectivity index (χ3v) is 5.51. The maximum absolute atomic E-state index is 12.3. The van der Waals surface area contributed by atoms with E-state index >= 15 is 0 Å². The monoisotopic (exact) mass is 382 g/mol. The number of benzene rings is 2. The predicted octanol–water partition coefficient (Wildman–Crippen LogP) is 2.75. The number of ether oxygens (including phenoxy) is 1. The molecular formula is C19H18N4O3S. The van der Waals surface area contributed by atoms with E-state index in [1.807, 2.05) is 42.5 Å². The van der Waals surface area contributed by atoms with Gasteiger partial charge in [-0.05, 0) is 29.8 Å². The van der Waals surface area contributed by atoms with E-state index in [1.165, 1.54) is 10.7 Å². The summed E-state index contributed by atoms with van der Waals surface area (Å²) in [6.45, 7) is 0. The fourth-order valence-corrected chi connectivity index (χ4v) is 4.11. The zero-order valence-electron chi connectivity index (χ0n) is 14.9. The quantitative estimate of drug-likeness (QED) is 0.693. The van der Waals surface area contributed by atoms with Crippen LogP contribution >= 0.6 is 0 Å². The number of hydrogen-bond donors (Lipinski definition) is 0.